The molecule has 0 saturated carbocycles. The molecule has 2 aliphatic rings. The number of ether oxygens (including phenoxy) is 1. The summed E-state index contributed by atoms with van der Waals surface area (Å²) in [5, 5.41) is 0. The van der Waals surface area contributed by atoms with Crippen molar-refractivity contribution < 1.29 is 4.74 Å². The highest BCUT2D eigenvalue weighted by Gasteiger charge is 2.45. The van der Waals surface area contributed by atoms with Gasteiger partial charge in [0.15, 0.2) is 0 Å². The average molecular weight is 269 g/mol. The third kappa shape index (κ3) is 2.97. The Morgan fingerprint density at radius 1 is 1.37 bits per heavy atom. The summed E-state index contributed by atoms with van der Waals surface area (Å²) in [5.74, 6) is 0.723. The molecule has 4 nitrogen and oxygen atoms in total. The Bertz CT molecular complexity index is 297. The number of likely N-dealkylation sites (N-methyl/N-ethyl adjacent to an activating group) is 1. The Morgan fingerprint density at radius 3 is 2.63 bits per heavy atom. The van der Waals surface area contributed by atoms with Gasteiger partial charge in [0, 0.05) is 37.8 Å². The van der Waals surface area contributed by atoms with Gasteiger partial charge in [-0.3, -0.25) is 4.90 Å². The standard InChI is InChI=1S/C15H31N3O/c1-5-13-8-15(11-16,6-7-19-13)18-9-12(2)14(10-18)17(3)4/h12-14H,5-11,16H2,1-4H3. The first-order chi connectivity index (χ1) is 9.02. The van der Waals surface area contributed by atoms with Crippen molar-refractivity contribution in [3.8, 4) is 0 Å². The molecule has 4 unspecified atom stereocenters. The molecule has 0 spiro atoms. The van der Waals surface area contributed by atoms with Gasteiger partial charge in [-0.2, -0.15) is 0 Å². The summed E-state index contributed by atoms with van der Waals surface area (Å²) in [4.78, 5) is 5.03. The van der Waals surface area contributed by atoms with Crippen molar-refractivity contribution in [2.45, 2.75) is 50.8 Å². The lowest BCUT2D eigenvalue weighted by Crippen LogP contribution is -2.58. The SMILES string of the molecule is CCC1CC(CN)(N2CC(C)C(N(C)C)C2)CCO1. The van der Waals surface area contributed by atoms with Crippen LogP contribution in [0, 0.1) is 5.92 Å². The molecule has 4 atom stereocenters. The van der Waals surface area contributed by atoms with E-state index < -0.39 is 0 Å². The predicted octanol–water partition coefficient (Wildman–Crippen LogP) is 1.15. The van der Waals surface area contributed by atoms with Gasteiger partial charge in [-0.1, -0.05) is 13.8 Å². The van der Waals surface area contributed by atoms with Gasteiger partial charge in [-0.05, 0) is 39.3 Å². The molecular weight excluding hydrogens is 238 g/mol. The van der Waals surface area contributed by atoms with E-state index in [0.29, 0.717) is 12.1 Å². The molecule has 2 rings (SSSR count). The van der Waals surface area contributed by atoms with Gasteiger partial charge in [0.05, 0.1) is 6.10 Å². The van der Waals surface area contributed by atoms with Gasteiger partial charge in [0.1, 0.15) is 0 Å². The second-order valence-corrected chi connectivity index (χ2v) is 6.70. The molecule has 0 amide bonds. The van der Waals surface area contributed by atoms with Crippen LogP contribution in [-0.2, 0) is 4.74 Å². The van der Waals surface area contributed by atoms with Gasteiger partial charge in [0.25, 0.3) is 0 Å². The molecule has 2 N–H and O–H groups in total. The van der Waals surface area contributed by atoms with Crippen molar-refractivity contribution >= 4 is 0 Å². The first kappa shape index (κ1) is 15.2. The summed E-state index contributed by atoms with van der Waals surface area (Å²) in [5.41, 5.74) is 6.37. The van der Waals surface area contributed by atoms with E-state index in [4.69, 9.17) is 10.5 Å². The number of hydrogen-bond acceptors (Lipinski definition) is 4. The molecule has 19 heavy (non-hydrogen) atoms. The molecule has 0 aliphatic carbocycles. The molecule has 4 heteroatoms. The van der Waals surface area contributed by atoms with Gasteiger partial charge < -0.3 is 15.4 Å². The summed E-state index contributed by atoms with van der Waals surface area (Å²) in [6, 6.07) is 0.659. The van der Waals surface area contributed by atoms with Crippen LogP contribution in [0.4, 0.5) is 0 Å². The van der Waals surface area contributed by atoms with E-state index in [-0.39, 0.29) is 5.54 Å². The van der Waals surface area contributed by atoms with E-state index in [0.717, 1.165) is 44.9 Å². The molecule has 0 aromatic carbocycles. The Labute approximate surface area is 118 Å². The first-order valence-electron chi connectivity index (χ1n) is 7.75. The van der Waals surface area contributed by atoms with Crippen LogP contribution < -0.4 is 5.73 Å². The number of hydrogen-bond donors (Lipinski definition) is 1. The van der Waals surface area contributed by atoms with Gasteiger partial charge >= 0.3 is 0 Å². The lowest BCUT2D eigenvalue weighted by molar-refractivity contribution is -0.0673. The Balaban J connectivity index is 2.09. The number of rotatable bonds is 4. The topological polar surface area (TPSA) is 41.7 Å². The number of nitrogens with zero attached hydrogens (tertiary/aromatic N) is 2. The van der Waals surface area contributed by atoms with E-state index >= 15 is 0 Å². The maximum atomic E-state index is 6.19. The van der Waals surface area contributed by atoms with Gasteiger partial charge in [-0.15, -0.1) is 0 Å². The quantitative estimate of drug-likeness (QED) is 0.831. The van der Waals surface area contributed by atoms with Crippen molar-refractivity contribution in [2.24, 2.45) is 11.7 Å². The fourth-order valence-corrected chi connectivity index (χ4v) is 3.87. The van der Waals surface area contributed by atoms with Crippen molar-refractivity contribution in [3.63, 3.8) is 0 Å². The minimum absolute atomic E-state index is 0.179. The van der Waals surface area contributed by atoms with E-state index in [2.05, 4.69) is 37.7 Å². The lowest BCUT2D eigenvalue weighted by Gasteiger charge is -2.46. The molecular formula is C15H31N3O. The van der Waals surface area contributed by atoms with Crippen molar-refractivity contribution in [1.29, 1.82) is 0 Å². The van der Waals surface area contributed by atoms with Crippen LogP contribution in [0.5, 0.6) is 0 Å². The molecule has 0 bridgehead atoms. The van der Waals surface area contributed by atoms with Crippen molar-refractivity contribution in [1.82, 2.24) is 9.80 Å². The van der Waals surface area contributed by atoms with E-state index in [1.807, 2.05) is 0 Å². The highest BCUT2D eigenvalue weighted by molar-refractivity contribution is 5.01. The summed E-state index contributed by atoms with van der Waals surface area (Å²) in [7, 11) is 4.39. The minimum atomic E-state index is 0.179. The second kappa shape index (κ2) is 6.08. The number of likely N-dealkylation sites (tertiary alicyclic amines) is 1. The Kier molecular flexibility index (Phi) is 4.88. The van der Waals surface area contributed by atoms with E-state index in [9.17, 15) is 0 Å². The van der Waals surface area contributed by atoms with Crippen LogP contribution in [0.3, 0.4) is 0 Å². The maximum Gasteiger partial charge on any atom is 0.0590 e. The van der Waals surface area contributed by atoms with Crippen molar-refractivity contribution in [2.75, 3.05) is 40.3 Å². The maximum absolute atomic E-state index is 6.19. The largest absolute Gasteiger partial charge is 0.378 e. The van der Waals surface area contributed by atoms with Crippen LogP contribution in [0.25, 0.3) is 0 Å². The van der Waals surface area contributed by atoms with Crippen LogP contribution in [0.1, 0.15) is 33.1 Å². The molecule has 112 valence electrons. The smallest absolute Gasteiger partial charge is 0.0590 e. The molecule has 2 aliphatic heterocycles. The van der Waals surface area contributed by atoms with E-state index in [1.165, 1.54) is 6.54 Å². The highest BCUT2D eigenvalue weighted by Crippen LogP contribution is 2.36. The summed E-state index contributed by atoms with van der Waals surface area (Å²) in [6.07, 6.45) is 3.69. The molecule has 0 aromatic heterocycles. The van der Waals surface area contributed by atoms with Crippen molar-refractivity contribution in [3.05, 3.63) is 0 Å². The highest BCUT2D eigenvalue weighted by atomic mass is 16.5. The van der Waals surface area contributed by atoms with E-state index in [1.54, 1.807) is 0 Å². The number of nitrogens with two attached hydrogens (primary N) is 1. The summed E-state index contributed by atoms with van der Waals surface area (Å²) >= 11 is 0. The van der Waals surface area contributed by atoms with Crippen LogP contribution >= 0.6 is 0 Å². The fraction of sp³-hybridized carbons (Fsp3) is 1.00. The second-order valence-electron chi connectivity index (χ2n) is 6.70. The summed E-state index contributed by atoms with van der Waals surface area (Å²) < 4.78 is 5.85. The molecule has 2 fully saturated rings. The van der Waals surface area contributed by atoms with Crippen LogP contribution in [0.15, 0.2) is 0 Å². The fourth-order valence-electron chi connectivity index (χ4n) is 3.87. The van der Waals surface area contributed by atoms with Crippen LogP contribution in [0.2, 0.25) is 0 Å². The third-order valence-electron chi connectivity index (χ3n) is 5.27. The monoisotopic (exact) mass is 269 g/mol. The Hall–Kier alpha value is -0.160. The lowest BCUT2D eigenvalue weighted by atomic mass is 9.84. The molecule has 0 radical (unpaired) electrons. The zero-order valence-electron chi connectivity index (χ0n) is 13.1. The molecule has 2 saturated heterocycles. The van der Waals surface area contributed by atoms with Crippen LogP contribution in [-0.4, -0.2) is 67.8 Å². The zero-order valence-corrected chi connectivity index (χ0v) is 13.1. The predicted molar refractivity (Wildman–Crippen MR) is 79.3 cm³/mol. The zero-order chi connectivity index (χ0) is 14.0. The third-order valence-corrected chi connectivity index (χ3v) is 5.27. The van der Waals surface area contributed by atoms with Gasteiger partial charge in [-0.25, -0.2) is 0 Å². The molecule has 2 heterocycles. The van der Waals surface area contributed by atoms with Gasteiger partial charge in [0.2, 0.25) is 0 Å². The summed E-state index contributed by atoms with van der Waals surface area (Å²) in [6.45, 7) is 8.54. The molecule has 0 aromatic rings. The first-order valence-corrected chi connectivity index (χ1v) is 7.75. The average Bonchev–Trinajstić information content (AvgIpc) is 2.81. The normalized spacial score (nSPS) is 41.1. The minimum Gasteiger partial charge on any atom is -0.378 e. The Morgan fingerprint density at radius 2 is 2.11 bits per heavy atom.